The molecule has 238 valence electrons. The molecule has 2 aliphatic rings. The molecule has 0 fully saturated rings. The molecule has 1 nitrogen and oxygen atoms in total. The molecule has 0 bridgehead atoms. The third-order valence-electron chi connectivity index (χ3n) is 10.0. The molecule has 1 aliphatic heterocycles. The molecule has 1 heterocycles. The largest absolute Gasteiger partial charge is 0.313 e. The number of benzene rings is 6. The first kappa shape index (κ1) is 30.9. The molecule has 0 N–H and O–H groups in total. The predicted molar refractivity (Wildman–Crippen MR) is 203 cm³/mol. The minimum absolute atomic E-state index is 0.156. The predicted octanol–water partition coefficient (Wildman–Crippen LogP) is 12.4. The van der Waals surface area contributed by atoms with Crippen LogP contribution in [0.15, 0.2) is 192 Å². The number of nitrogens with zero attached hydrogens (tertiary/aromatic N) is 1. The summed E-state index contributed by atoms with van der Waals surface area (Å²) < 4.78 is 14.6. The number of fused-ring (bicyclic) bond motifs is 5. The Hall–Kier alpha value is -5.38. The van der Waals surface area contributed by atoms with Crippen LogP contribution >= 0.6 is 11.8 Å². The summed E-state index contributed by atoms with van der Waals surface area (Å²) in [5.74, 6) is -0.269. The molecule has 6 aromatic rings. The van der Waals surface area contributed by atoms with Crippen molar-refractivity contribution in [3.8, 4) is 11.1 Å². The summed E-state index contributed by atoms with van der Waals surface area (Å²) in [6.07, 6.45) is 8.05. The third-order valence-corrected chi connectivity index (χ3v) is 11.2. The van der Waals surface area contributed by atoms with Gasteiger partial charge in [-0.15, -0.1) is 0 Å². The quantitative estimate of drug-likeness (QED) is 0.158. The molecule has 6 aromatic carbocycles. The van der Waals surface area contributed by atoms with Crippen molar-refractivity contribution in [1.82, 2.24) is 0 Å². The van der Waals surface area contributed by atoms with E-state index >= 15 is 0 Å². The van der Waals surface area contributed by atoms with Gasteiger partial charge in [0.2, 0.25) is 0 Å². The van der Waals surface area contributed by atoms with Crippen LogP contribution in [-0.2, 0) is 10.8 Å². The second-order valence-electron chi connectivity index (χ2n) is 13.1. The van der Waals surface area contributed by atoms with Crippen LogP contribution in [0.1, 0.15) is 41.7 Å². The van der Waals surface area contributed by atoms with Crippen LogP contribution in [0, 0.1) is 5.82 Å². The van der Waals surface area contributed by atoms with Gasteiger partial charge >= 0.3 is 0 Å². The molecule has 3 heteroatoms. The maximum absolute atomic E-state index is 14.6. The van der Waals surface area contributed by atoms with Gasteiger partial charge < -0.3 is 4.90 Å². The molecule has 0 saturated carbocycles. The second kappa shape index (κ2) is 12.3. The van der Waals surface area contributed by atoms with Gasteiger partial charge in [-0.25, -0.2) is 4.39 Å². The highest BCUT2D eigenvalue weighted by molar-refractivity contribution is 7.99. The van der Waals surface area contributed by atoms with E-state index in [0.29, 0.717) is 0 Å². The SMILES string of the molecule is C=C/C=C\C=C(/N(c1ccc(F)cc1)c1ccc2c(c1)Sc1ccccc1C2(C)C)C1(c2ccccc2)c2ccccc2-c2ccccc21. The molecular weight excluding hydrogens is 618 g/mol. The van der Waals surface area contributed by atoms with Crippen molar-refractivity contribution >= 4 is 23.1 Å². The summed E-state index contributed by atoms with van der Waals surface area (Å²) in [6.45, 7) is 8.60. The topological polar surface area (TPSA) is 3.24 Å². The fourth-order valence-electron chi connectivity index (χ4n) is 7.85. The normalized spacial score (nSPS) is 15.2. The Kier molecular flexibility index (Phi) is 7.73. The van der Waals surface area contributed by atoms with E-state index in [9.17, 15) is 4.39 Å². The van der Waals surface area contributed by atoms with E-state index in [0.717, 1.165) is 22.6 Å². The number of halogens is 1. The molecule has 0 unspecified atom stereocenters. The van der Waals surface area contributed by atoms with Crippen LogP contribution < -0.4 is 4.90 Å². The van der Waals surface area contributed by atoms with E-state index in [2.05, 4.69) is 159 Å². The minimum atomic E-state index is -0.705. The fourth-order valence-corrected chi connectivity index (χ4v) is 9.28. The van der Waals surface area contributed by atoms with Gasteiger partial charge in [-0.2, -0.15) is 0 Å². The van der Waals surface area contributed by atoms with Crippen molar-refractivity contribution in [2.75, 3.05) is 4.90 Å². The van der Waals surface area contributed by atoms with E-state index in [-0.39, 0.29) is 11.2 Å². The molecule has 8 rings (SSSR count). The lowest BCUT2D eigenvalue weighted by molar-refractivity contribution is 0.607. The van der Waals surface area contributed by atoms with Gasteiger partial charge in [0, 0.05) is 32.3 Å². The van der Waals surface area contributed by atoms with Gasteiger partial charge in [0.05, 0.1) is 5.41 Å². The molecule has 49 heavy (non-hydrogen) atoms. The molecular formula is C46H36FNS. The van der Waals surface area contributed by atoms with Crippen molar-refractivity contribution in [3.05, 3.63) is 216 Å². The smallest absolute Gasteiger partial charge is 0.123 e. The lowest BCUT2D eigenvalue weighted by Gasteiger charge is -2.42. The summed E-state index contributed by atoms with van der Waals surface area (Å²) in [5, 5.41) is 0. The number of anilines is 2. The van der Waals surface area contributed by atoms with Crippen molar-refractivity contribution in [3.63, 3.8) is 0 Å². The Balaban J connectivity index is 1.46. The van der Waals surface area contributed by atoms with Gasteiger partial charge in [-0.05, 0) is 87.5 Å². The minimum Gasteiger partial charge on any atom is -0.313 e. The molecule has 0 atom stereocenters. The monoisotopic (exact) mass is 653 g/mol. The lowest BCUT2D eigenvalue weighted by Crippen LogP contribution is -2.38. The number of allylic oxidation sites excluding steroid dienone is 5. The summed E-state index contributed by atoms with van der Waals surface area (Å²) in [4.78, 5) is 4.82. The van der Waals surface area contributed by atoms with E-state index in [4.69, 9.17) is 0 Å². The van der Waals surface area contributed by atoms with Gasteiger partial charge in [0.15, 0.2) is 0 Å². The Morgan fingerprint density at radius 3 is 1.86 bits per heavy atom. The lowest BCUT2D eigenvalue weighted by atomic mass is 9.69. The van der Waals surface area contributed by atoms with E-state index in [1.807, 2.05) is 30.0 Å². The van der Waals surface area contributed by atoms with Crippen LogP contribution in [0.4, 0.5) is 15.8 Å². The van der Waals surface area contributed by atoms with Crippen molar-refractivity contribution in [2.24, 2.45) is 0 Å². The van der Waals surface area contributed by atoms with Crippen LogP contribution in [-0.4, -0.2) is 0 Å². The Labute approximate surface area is 292 Å². The highest BCUT2D eigenvalue weighted by Crippen LogP contribution is 2.59. The second-order valence-corrected chi connectivity index (χ2v) is 14.2. The van der Waals surface area contributed by atoms with Gasteiger partial charge in [-0.1, -0.05) is 154 Å². The average Bonchev–Trinajstić information content (AvgIpc) is 3.43. The van der Waals surface area contributed by atoms with Crippen LogP contribution in [0.2, 0.25) is 0 Å². The average molecular weight is 654 g/mol. The molecule has 0 amide bonds. The first-order valence-corrected chi connectivity index (χ1v) is 17.5. The van der Waals surface area contributed by atoms with Gasteiger partial charge in [0.1, 0.15) is 5.82 Å². The van der Waals surface area contributed by atoms with E-state index in [1.165, 1.54) is 43.2 Å². The summed E-state index contributed by atoms with van der Waals surface area (Å²) >= 11 is 1.82. The van der Waals surface area contributed by atoms with Crippen LogP contribution in [0.25, 0.3) is 11.1 Å². The van der Waals surface area contributed by atoms with Gasteiger partial charge in [-0.3, -0.25) is 0 Å². The zero-order valence-corrected chi connectivity index (χ0v) is 28.4. The van der Waals surface area contributed by atoms with Crippen molar-refractivity contribution < 1.29 is 4.39 Å². The molecule has 0 spiro atoms. The van der Waals surface area contributed by atoms with Crippen molar-refractivity contribution in [2.45, 2.75) is 34.5 Å². The summed E-state index contributed by atoms with van der Waals surface area (Å²) in [6, 6.07) is 50.7. The zero-order chi connectivity index (χ0) is 33.6. The number of rotatable bonds is 7. The Morgan fingerprint density at radius 2 is 1.18 bits per heavy atom. The van der Waals surface area contributed by atoms with E-state index < -0.39 is 5.41 Å². The zero-order valence-electron chi connectivity index (χ0n) is 27.6. The Morgan fingerprint density at radius 1 is 0.612 bits per heavy atom. The highest BCUT2D eigenvalue weighted by Gasteiger charge is 2.49. The number of hydrogen-bond acceptors (Lipinski definition) is 2. The summed E-state index contributed by atoms with van der Waals surface area (Å²) in [7, 11) is 0. The highest BCUT2D eigenvalue weighted by atomic mass is 32.2. The first-order chi connectivity index (χ1) is 23.9. The van der Waals surface area contributed by atoms with Gasteiger partial charge in [0.25, 0.3) is 0 Å². The standard InChI is InChI=1S/C46H36FNS/c1-4-5-7-24-44(46(32-16-8-6-9-17-32)38-20-12-10-18-36(38)37-19-11-13-21-39(37)46)48(34-27-25-33(47)26-28-34)35-29-30-41-43(31-35)49-42-23-15-14-22-40(42)45(41,2)3/h4-31H,1H2,2-3H3/b7-5-,44-24-. The first-order valence-electron chi connectivity index (χ1n) is 16.7. The van der Waals surface area contributed by atoms with Crippen molar-refractivity contribution in [1.29, 1.82) is 0 Å². The Bertz CT molecular complexity index is 2220. The number of hydrogen-bond donors (Lipinski definition) is 0. The molecule has 0 saturated heterocycles. The molecule has 0 radical (unpaired) electrons. The van der Waals surface area contributed by atoms with Crippen LogP contribution in [0.5, 0.6) is 0 Å². The van der Waals surface area contributed by atoms with Crippen LogP contribution in [0.3, 0.4) is 0 Å². The maximum atomic E-state index is 14.6. The maximum Gasteiger partial charge on any atom is 0.123 e. The molecule has 1 aliphatic carbocycles. The third kappa shape index (κ3) is 4.91. The fraction of sp³-hybridized carbons (Fsp3) is 0.0870. The summed E-state index contributed by atoms with van der Waals surface area (Å²) in [5.41, 5.74) is 10.7. The van der Waals surface area contributed by atoms with E-state index in [1.54, 1.807) is 18.2 Å². The molecule has 0 aromatic heterocycles.